The Bertz CT molecular complexity index is 287. The van der Waals surface area contributed by atoms with Crippen LogP contribution < -0.4 is 15.3 Å². The van der Waals surface area contributed by atoms with E-state index in [2.05, 4.69) is 0 Å². The molecule has 0 spiro atoms. The van der Waals surface area contributed by atoms with Crippen LogP contribution in [0.4, 0.5) is 0 Å². The third-order valence-electron chi connectivity index (χ3n) is 1.33. The second-order valence-electron chi connectivity index (χ2n) is 2.23. The summed E-state index contributed by atoms with van der Waals surface area (Å²) in [7, 11) is 0. The van der Waals surface area contributed by atoms with Gasteiger partial charge in [-0.2, -0.15) is 0 Å². The first-order chi connectivity index (χ1) is 5.86. The van der Waals surface area contributed by atoms with E-state index in [1.807, 2.05) is 0 Å². The molecular formula is C7H5O6-3. The van der Waals surface area contributed by atoms with Crippen LogP contribution in [0.2, 0.25) is 0 Å². The van der Waals surface area contributed by atoms with Gasteiger partial charge in [-0.3, -0.25) is 0 Å². The van der Waals surface area contributed by atoms with Gasteiger partial charge in [0.25, 0.3) is 0 Å². The molecular weight excluding hydrogens is 180 g/mol. The molecule has 6 heteroatoms. The van der Waals surface area contributed by atoms with E-state index < -0.39 is 35.5 Å². The Balaban J connectivity index is 5.00. The van der Waals surface area contributed by atoms with Crippen LogP contribution >= 0.6 is 0 Å². The van der Waals surface area contributed by atoms with Gasteiger partial charge in [-0.05, 0) is 18.1 Å². The van der Waals surface area contributed by atoms with Gasteiger partial charge in [0.2, 0.25) is 0 Å². The summed E-state index contributed by atoms with van der Waals surface area (Å²) in [5.41, 5.74) is -1.52. The van der Waals surface area contributed by atoms with Gasteiger partial charge in [-0.1, -0.05) is 0 Å². The number of hydrogen-bond acceptors (Lipinski definition) is 6. The standard InChI is InChI=1S/C7H8O6/c1-3(6(10)11)4(7(12)13)2-5(8)9/h2H2,1H3,(H,8,9)(H,10,11)(H,12,13)/p-3/b4-3-. The molecule has 0 atom stereocenters. The maximum Gasteiger partial charge on any atom is 0.0681 e. The molecule has 13 heavy (non-hydrogen) atoms. The first-order valence-corrected chi connectivity index (χ1v) is 3.18. The fraction of sp³-hybridized carbons (Fsp3) is 0.286. The van der Waals surface area contributed by atoms with Crippen LogP contribution in [-0.2, 0) is 14.4 Å². The highest BCUT2D eigenvalue weighted by Crippen LogP contribution is 2.06. The van der Waals surface area contributed by atoms with Crippen LogP contribution in [0.1, 0.15) is 13.3 Å². The summed E-state index contributed by atoms with van der Waals surface area (Å²) in [5, 5.41) is 30.4. The predicted molar refractivity (Wildman–Crippen MR) is 32.3 cm³/mol. The molecule has 0 rings (SSSR count). The van der Waals surface area contributed by atoms with E-state index in [0.29, 0.717) is 0 Å². The highest BCUT2D eigenvalue weighted by molar-refractivity contribution is 5.99. The van der Waals surface area contributed by atoms with Gasteiger partial charge in [-0.25, -0.2) is 0 Å². The Kier molecular flexibility index (Phi) is 3.64. The lowest BCUT2D eigenvalue weighted by Gasteiger charge is -2.14. The summed E-state index contributed by atoms with van der Waals surface area (Å²) in [6, 6.07) is 0. The molecule has 6 nitrogen and oxygen atoms in total. The van der Waals surface area contributed by atoms with Crippen molar-refractivity contribution >= 4 is 17.9 Å². The van der Waals surface area contributed by atoms with Gasteiger partial charge in [0.15, 0.2) is 0 Å². The van der Waals surface area contributed by atoms with Gasteiger partial charge in [0.1, 0.15) is 0 Å². The van der Waals surface area contributed by atoms with Crippen LogP contribution in [0.15, 0.2) is 11.1 Å². The zero-order chi connectivity index (χ0) is 10.6. The second kappa shape index (κ2) is 4.24. The fourth-order valence-electron chi connectivity index (χ4n) is 0.625. The summed E-state index contributed by atoms with van der Waals surface area (Å²) < 4.78 is 0. The first-order valence-electron chi connectivity index (χ1n) is 3.18. The van der Waals surface area contributed by atoms with Gasteiger partial charge in [-0.15, -0.1) is 0 Å². The molecule has 0 heterocycles. The van der Waals surface area contributed by atoms with Crippen molar-refractivity contribution in [3.8, 4) is 0 Å². The predicted octanol–water partition coefficient (Wildman–Crippen LogP) is -4.06. The quantitative estimate of drug-likeness (QED) is 0.411. The van der Waals surface area contributed by atoms with Crippen LogP contribution in [0.25, 0.3) is 0 Å². The summed E-state index contributed by atoms with van der Waals surface area (Å²) in [5.74, 6) is -5.30. The van der Waals surface area contributed by atoms with Crippen molar-refractivity contribution in [1.82, 2.24) is 0 Å². The number of hydrogen-bond donors (Lipinski definition) is 0. The van der Waals surface area contributed by atoms with Crippen molar-refractivity contribution in [1.29, 1.82) is 0 Å². The summed E-state index contributed by atoms with van der Waals surface area (Å²) >= 11 is 0. The number of carbonyl (C=O) groups excluding carboxylic acids is 3. The Labute approximate surface area is 73.1 Å². The van der Waals surface area contributed by atoms with Crippen molar-refractivity contribution in [2.75, 3.05) is 0 Å². The lowest BCUT2D eigenvalue weighted by atomic mass is 10.1. The monoisotopic (exact) mass is 185 g/mol. The van der Waals surface area contributed by atoms with Crippen LogP contribution in [-0.4, -0.2) is 17.9 Å². The number of rotatable bonds is 4. The lowest BCUT2D eigenvalue weighted by molar-refractivity contribution is -0.310. The molecule has 0 fully saturated rings. The average Bonchev–Trinajstić information content (AvgIpc) is 1.97. The van der Waals surface area contributed by atoms with E-state index >= 15 is 0 Å². The largest absolute Gasteiger partial charge is 0.550 e. The van der Waals surface area contributed by atoms with Crippen molar-refractivity contribution in [2.45, 2.75) is 13.3 Å². The van der Waals surface area contributed by atoms with Crippen molar-refractivity contribution < 1.29 is 29.7 Å². The van der Waals surface area contributed by atoms with Crippen LogP contribution in [0.5, 0.6) is 0 Å². The van der Waals surface area contributed by atoms with Crippen molar-refractivity contribution in [2.24, 2.45) is 0 Å². The van der Waals surface area contributed by atoms with Gasteiger partial charge >= 0.3 is 0 Å². The van der Waals surface area contributed by atoms with Crippen molar-refractivity contribution in [3.63, 3.8) is 0 Å². The van der Waals surface area contributed by atoms with E-state index in [1.54, 1.807) is 0 Å². The van der Waals surface area contributed by atoms with Crippen molar-refractivity contribution in [3.05, 3.63) is 11.1 Å². The number of aliphatic carboxylic acids is 3. The third-order valence-corrected chi connectivity index (χ3v) is 1.33. The molecule has 0 amide bonds. The average molecular weight is 185 g/mol. The molecule has 0 aliphatic rings. The van der Waals surface area contributed by atoms with E-state index in [4.69, 9.17) is 0 Å². The van der Waals surface area contributed by atoms with Crippen LogP contribution in [0.3, 0.4) is 0 Å². The minimum absolute atomic E-state index is 0.677. The maximum absolute atomic E-state index is 10.2. The molecule has 0 saturated carbocycles. The Morgan fingerprint density at radius 3 is 1.69 bits per heavy atom. The van der Waals surface area contributed by atoms with Gasteiger partial charge in [0.05, 0.1) is 11.9 Å². The first kappa shape index (κ1) is 11.2. The molecule has 0 aliphatic heterocycles. The molecule has 0 bridgehead atoms. The Morgan fingerprint density at radius 1 is 1.00 bits per heavy atom. The molecule has 0 aromatic carbocycles. The van der Waals surface area contributed by atoms with Gasteiger partial charge in [0, 0.05) is 12.4 Å². The molecule has 0 aliphatic carbocycles. The SMILES string of the molecule is C/C(C(=O)[O-])=C(\CC(=O)[O-])C(=O)[O-]. The Hall–Kier alpha value is -1.85. The normalized spacial score (nSPS) is 11.8. The summed E-state index contributed by atoms with van der Waals surface area (Å²) in [6.07, 6.45) is -1.01. The Morgan fingerprint density at radius 2 is 1.46 bits per heavy atom. The van der Waals surface area contributed by atoms with Gasteiger partial charge < -0.3 is 29.7 Å². The molecule has 0 saturated heterocycles. The third kappa shape index (κ3) is 3.37. The fourth-order valence-corrected chi connectivity index (χ4v) is 0.625. The van der Waals surface area contributed by atoms with E-state index in [1.165, 1.54) is 0 Å². The molecule has 0 N–H and O–H groups in total. The topological polar surface area (TPSA) is 120 Å². The van der Waals surface area contributed by atoms with E-state index in [9.17, 15) is 29.7 Å². The number of carboxylic acid groups (broad SMARTS) is 3. The number of carbonyl (C=O) groups is 3. The molecule has 72 valence electrons. The molecule has 0 aromatic heterocycles. The maximum atomic E-state index is 10.2. The minimum Gasteiger partial charge on any atom is -0.550 e. The summed E-state index contributed by atoms with van der Waals surface area (Å²) in [4.78, 5) is 30.4. The number of carboxylic acids is 3. The second-order valence-corrected chi connectivity index (χ2v) is 2.23. The van der Waals surface area contributed by atoms with Crippen LogP contribution in [0, 0.1) is 0 Å². The molecule has 0 aromatic rings. The minimum atomic E-state index is -1.86. The molecule has 0 radical (unpaired) electrons. The zero-order valence-corrected chi connectivity index (χ0v) is 6.66. The van der Waals surface area contributed by atoms with E-state index in [-0.39, 0.29) is 0 Å². The lowest BCUT2D eigenvalue weighted by Crippen LogP contribution is -2.34. The smallest absolute Gasteiger partial charge is 0.0681 e. The highest BCUT2D eigenvalue weighted by atomic mass is 16.4. The summed E-state index contributed by atoms with van der Waals surface area (Å²) in [6.45, 7) is 0.920. The highest BCUT2D eigenvalue weighted by Gasteiger charge is 2.05. The molecule has 0 unspecified atom stereocenters. The van der Waals surface area contributed by atoms with E-state index in [0.717, 1.165) is 6.92 Å². The zero-order valence-electron chi connectivity index (χ0n) is 6.66.